The highest BCUT2D eigenvalue weighted by Gasteiger charge is 2.09. The lowest BCUT2D eigenvalue weighted by Gasteiger charge is -2.19. The van der Waals surface area contributed by atoms with Gasteiger partial charge in [-0.05, 0) is 36.9 Å². The summed E-state index contributed by atoms with van der Waals surface area (Å²) in [5.41, 5.74) is 1.53. The molecule has 0 aliphatic rings. The van der Waals surface area contributed by atoms with Crippen LogP contribution in [0.4, 0.5) is 15.9 Å². The predicted octanol–water partition coefficient (Wildman–Crippen LogP) is 3.75. The molecule has 5 heteroatoms. The van der Waals surface area contributed by atoms with Crippen LogP contribution in [-0.4, -0.2) is 18.6 Å². The van der Waals surface area contributed by atoms with Crippen LogP contribution in [0.2, 0.25) is 5.02 Å². The number of hydrogen-bond acceptors (Lipinski definition) is 3. The molecule has 106 valence electrons. The van der Waals surface area contributed by atoms with Gasteiger partial charge < -0.3 is 10.2 Å². The summed E-state index contributed by atoms with van der Waals surface area (Å²) >= 11 is 6.13. The van der Waals surface area contributed by atoms with Gasteiger partial charge in [0.1, 0.15) is 11.6 Å². The third-order valence-electron chi connectivity index (χ3n) is 2.99. The van der Waals surface area contributed by atoms with Gasteiger partial charge in [0, 0.05) is 19.3 Å². The SMILES string of the molecule is CCNCc1nc(N(C)c2cccc(F)c2)ccc1Cl. The van der Waals surface area contributed by atoms with Crippen LogP contribution in [0.1, 0.15) is 12.6 Å². The maximum Gasteiger partial charge on any atom is 0.133 e. The maximum absolute atomic E-state index is 13.3. The van der Waals surface area contributed by atoms with E-state index in [9.17, 15) is 4.39 Å². The smallest absolute Gasteiger partial charge is 0.133 e. The average molecular weight is 294 g/mol. The van der Waals surface area contributed by atoms with Crippen LogP contribution >= 0.6 is 11.6 Å². The second-order valence-corrected chi connectivity index (χ2v) is 4.82. The van der Waals surface area contributed by atoms with Crippen LogP contribution < -0.4 is 10.2 Å². The standard InChI is InChI=1S/C15H17ClFN3/c1-3-18-10-14-13(16)7-8-15(19-14)20(2)12-6-4-5-11(17)9-12/h4-9,18H,3,10H2,1-2H3. The third kappa shape index (κ3) is 3.46. The second kappa shape index (κ2) is 6.68. The van der Waals surface area contributed by atoms with Gasteiger partial charge in [0.25, 0.3) is 0 Å². The van der Waals surface area contributed by atoms with Gasteiger partial charge >= 0.3 is 0 Å². The maximum atomic E-state index is 13.3. The van der Waals surface area contributed by atoms with Crippen molar-refractivity contribution in [1.29, 1.82) is 0 Å². The van der Waals surface area contributed by atoms with E-state index in [0.717, 1.165) is 23.7 Å². The lowest BCUT2D eigenvalue weighted by molar-refractivity contribution is 0.628. The van der Waals surface area contributed by atoms with E-state index >= 15 is 0 Å². The first-order chi connectivity index (χ1) is 9.61. The van der Waals surface area contributed by atoms with E-state index in [0.29, 0.717) is 11.6 Å². The van der Waals surface area contributed by atoms with E-state index < -0.39 is 0 Å². The van der Waals surface area contributed by atoms with Crippen molar-refractivity contribution in [1.82, 2.24) is 10.3 Å². The lowest BCUT2D eigenvalue weighted by Crippen LogP contribution is -2.16. The number of anilines is 2. The molecular formula is C15H17ClFN3. The van der Waals surface area contributed by atoms with Crippen molar-refractivity contribution < 1.29 is 4.39 Å². The number of rotatable bonds is 5. The Morgan fingerprint density at radius 3 is 2.80 bits per heavy atom. The number of benzene rings is 1. The van der Waals surface area contributed by atoms with Crippen molar-refractivity contribution in [2.24, 2.45) is 0 Å². The minimum Gasteiger partial charge on any atom is -0.329 e. The minimum absolute atomic E-state index is 0.267. The first-order valence-electron chi connectivity index (χ1n) is 6.47. The summed E-state index contributed by atoms with van der Waals surface area (Å²) in [7, 11) is 1.85. The highest BCUT2D eigenvalue weighted by Crippen LogP contribution is 2.25. The van der Waals surface area contributed by atoms with Crippen molar-refractivity contribution in [3.63, 3.8) is 0 Å². The van der Waals surface area contributed by atoms with E-state index in [4.69, 9.17) is 11.6 Å². The normalized spacial score (nSPS) is 10.6. The van der Waals surface area contributed by atoms with E-state index in [1.807, 2.05) is 37.1 Å². The van der Waals surface area contributed by atoms with Gasteiger partial charge in [-0.1, -0.05) is 24.6 Å². The number of aromatic nitrogens is 1. The molecule has 1 N–H and O–H groups in total. The molecule has 0 aliphatic heterocycles. The molecule has 0 radical (unpaired) electrons. The van der Waals surface area contributed by atoms with Gasteiger partial charge in [-0.3, -0.25) is 0 Å². The molecule has 0 unspecified atom stereocenters. The Kier molecular flexibility index (Phi) is 4.93. The molecule has 0 bridgehead atoms. The molecular weight excluding hydrogens is 277 g/mol. The van der Waals surface area contributed by atoms with Crippen LogP contribution in [-0.2, 0) is 6.54 Å². The molecule has 1 aromatic heterocycles. The molecule has 2 rings (SSSR count). The van der Waals surface area contributed by atoms with Crippen molar-refractivity contribution in [2.45, 2.75) is 13.5 Å². The molecule has 0 saturated heterocycles. The van der Waals surface area contributed by atoms with Gasteiger partial charge in [-0.2, -0.15) is 0 Å². The molecule has 3 nitrogen and oxygen atoms in total. The van der Waals surface area contributed by atoms with Gasteiger partial charge in [0.05, 0.1) is 10.7 Å². The monoisotopic (exact) mass is 293 g/mol. The van der Waals surface area contributed by atoms with Crippen molar-refractivity contribution in [2.75, 3.05) is 18.5 Å². The minimum atomic E-state index is -0.267. The highest BCUT2D eigenvalue weighted by atomic mass is 35.5. The van der Waals surface area contributed by atoms with Crippen molar-refractivity contribution in [3.05, 3.63) is 52.9 Å². The Morgan fingerprint density at radius 2 is 2.10 bits per heavy atom. The van der Waals surface area contributed by atoms with Crippen molar-refractivity contribution >= 4 is 23.1 Å². The average Bonchev–Trinajstić information content (AvgIpc) is 2.45. The molecule has 0 aliphatic carbocycles. The topological polar surface area (TPSA) is 28.2 Å². The molecule has 1 aromatic carbocycles. The fourth-order valence-electron chi connectivity index (χ4n) is 1.84. The first kappa shape index (κ1) is 14.8. The predicted molar refractivity (Wildman–Crippen MR) is 81.1 cm³/mol. The number of pyridine rings is 1. The number of nitrogens with zero attached hydrogens (tertiary/aromatic N) is 2. The first-order valence-corrected chi connectivity index (χ1v) is 6.85. The highest BCUT2D eigenvalue weighted by molar-refractivity contribution is 6.31. The fraction of sp³-hybridized carbons (Fsp3) is 0.267. The lowest BCUT2D eigenvalue weighted by atomic mass is 10.2. The Balaban J connectivity index is 2.28. The summed E-state index contributed by atoms with van der Waals surface area (Å²) in [6.07, 6.45) is 0. The number of halogens is 2. The second-order valence-electron chi connectivity index (χ2n) is 4.42. The Hall–Kier alpha value is -1.65. The van der Waals surface area contributed by atoms with Crippen molar-refractivity contribution in [3.8, 4) is 0 Å². The molecule has 0 spiro atoms. The van der Waals surface area contributed by atoms with Gasteiger partial charge in [0.15, 0.2) is 0 Å². The summed E-state index contributed by atoms with van der Waals surface area (Å²) in [4.78, 5) is 6.35. The number of nitrogens with one attached hydrogen (secondary N) is 1. The van der Waals surface area contributed by atoms with Crippen LogP contribution in [0.3, 0.4) is 0 Å². The van der Waals surface area contributed by atoms with Crippen LogP contribution in [0.5, 0.6) is 0 Å². The zero-order chi connectivity index (χ0) is 14.5. The van der Waals surface area contributed by atoms with E-state index in [-0.39, 0.29) is 5.82 Å². The molecule has 0 fully saturated rings. The largest absolute Gasteiger partial charge is 0.329 e. The third-order valence-corrected chi connectivity index (χ3v) is 3.33. The molecule has 0 amide bonds. The number of hydrogen-bond donors (Lipinski definition) is 1. The van der Waals surface area contributed by atoms with E-state index in [1.54, 1.807) is 6.07 Å². The summed E-state index contributed by atoms with van der Waals surface area (Å²) in [5.74, 6) is 0.462. The van der Waals surface area contributed by atoms with Gasteiger partial charge in [-0.25, -0.2) is 9.37 Å². The fourth-order valence-corrected chi connectivity index (χ4v) is 2.02. The van der Waals surface area contributed by atoms with E-state index in [1.165, 1.54) is 12.1 Å². The molecule has 20 heavy (non-hydrogen) atoms. The van der Waals surface area contributed by atoms with Crippen LogP contribution in [0.25, 0.3) is 0 Å². The zero-order valence-electron chi connectivity index (χ0n) is 11.5. The summed E-state index contributed by atoms with van der Waals surface area (Å²) < 4.78 is 13.3. The Labute approximate surface area is 123 Å². The molecule has 1 heterocycles. The molecule has 0 atom stereocenters. The summed E-state index contributed by atoms with van der Waals surface area (Å²) in [6, 6.07) is 10.0. The van der Waals surface area contributed by atoms with Crippen LogP contribution in [0, 0.1) is 5.82 Å². The van der Waals surface area contributed by atoms with E-state index in [2.05, 4.69) is 10.3 Å². The van der Waals surface area contributed by atoms with Gasteiger partial charge in [0.2, 0.25) is 0 Å². The Bertz CT molecular complexity index is 589. The quantitative estimate of drug-likeness (QED) is 0.910. The summed E-state index contributed by atoms with van der Waals surface area (Å²) in [6.45, 7) is 3.48. The van der Waals surface area contributed by atoms with Crippen LogP contribution in [0.15, 0.2) is 36.4 Å². The molecule has 2 aromatic rings. The Morgan fingerprint density at radius 1 is 1.30 bits per heavy atom. The summed E-state index contributed by atoms with van der Waals surface area (Å²) in [5, 5.41) is 3.82. The van der Waals surface area contributed by atoms with Gasteiger partial charge in [-0.15, -0.1) is 0 Å². The molecule has 0 saturated carbocycles. The zero-order valence-corrected chi connectivity index (χ0v) is 12.3.